The van der Waals surface area contributed by atoms with Crippen LogP contribution in [0.15, 0.2) is 24.3 Å². The molecule has 2 aliphatic heterocycles. The van der Waals surface area contributed by atoms with E-state index in [0.29, 0.717) is 18.7 Å². The van der Waals surface area contributed by atoms with E-state index >= 15 is 0 Å². The van der Waals surface area contributed by atoms with Crippen LogP contribution in [-0.2, 0) is 14.3 Å². The molecule has 0 atom stereocenters. The van der Waals surface area contributed by atoms with Gasteiger partial charge in [-0.05, 0) is 32.4 Å². The Morgan fingerprint density at radius 2 is 2.04 bits per heavy atom. The summed E-state index contributed by atoms with van der Waals surface area (Å²) in [5.41, 5.74) is 0.694. The van der Waals surface area contributed by atoms with Crippen molar-refractivity contribution in [1.82, 2.24) is 10.2 Å². The van der Waals surface area contributed by atoms with E-state index in [-0.39, 0.29) is 24.0 Å². The minimum absolute atomic E-state index is 0.0450. The molecule has 2 heterocycles. The monoisotopic (exact) mass is 375 g/mol. The number of carbonyl (C=O) groups is 2. The molecule has 0 aliphatic carbocycles. The van der Waals surface area contributed by atoms with Gasteiger partial charge in [0.15, 0.2) is 6.61 Å². The number of morpholine rings is 1. The molecule has 27 heavy (non-hydrogen) atoms. The minimum Gasteiger partial charge on any atom is -0.484 e. The number of anilines is 1. The summed E-state index contributed by atoms with van der Waals surface area (Å²) < 4.78 is 11.0. The largest absolute Gasteiger partial charge is 0.484 e. The van der Waals surface area contributed by atoms with Crippen molar-refractivity contribution >= 4 is 17.5 Å². The zero-order chi connectivity index (χ0) is 19.3. The molecule has 1 aromatic rings. The average Bonchev–Trinajstić information content (AvgIpc) is 3.12. The molecule has 0 radical (unpaired) electrons. The van der Waals surface area contributed by atoms with Crippen LogP contribution in [0.25, 0.3) is 0 Å². The Morgan fingerprint density at radius 3 is 2.74 bits per heavy atom. The summed E-state index contributed by atoms with van der Waals surface area (Å²) >= 11 is 0. The second kappa shape index (κ2) is 8.71. The molecule has 3 rings (SSSR count). The smallest absolute Gasteiger partial charge is 0.258 e. The van der Waals surface area contributed by atoms with E-state index in [4.69, 9.17) is 9.47 Å². The van der Waals surface area contributed by atoms with Gasteiger partial charge in [0.1, 0.15) is 5.75 Å². The fraction of sp³-hybridized carbons (Fsp3) is 0.600. The Balaban J connectivity index is 1.47. The molecule has 0 saturated carbocycles. The van der Waals surface area contributed by atoms with Gasteiger partial charge >= 0.3 is 0 Å². The third-order valence-corrected chi connectivity index (χ3v) is 5.16. The molecule has 1 N–H and O–H groups in total. The molecule has 148 valence electrons. The van der Waals surface area contributed by atoms with Crippen molar-refractivity contribution in [3.8, 4) is 5.75 Å². The van der Waals surface area contributed by atoms with Crippen LogP contribution in [-0.4, -0.2) is 68.3 Å². The highest BCUT2D eigenvalue weighted by atomic mass is 16.5. The van der Waals surface area contributed by atoms with E-state index in [1.54, 1.807) is 11.0 Å². The maximum atomic E-state index is 12.2. The molecule has 7 heteroatoms. The Morgan fingerprint density at radius 1 is 1.26 bits per heavy atom. The number of amides is 2. The van der Waals surface area contributed by atoms with Gasteiger partial charge in [-0.3, -0.25) is 14.5 Å². The number of nitrogens with zero attached hydrogens (tertiary/aromatic N) is 2. The molecule has 2 fully saturated rings. The minimum atomic E-state index is -0.154. The quantitative estimate of drug-likeness (QED) is 0.780. The fourth-order valence-corrected chi connectivity index (χ4v) is 3.46. The lowest BCUT2D eigenvalue weighted by Crippen LogP contribution is -2.55. The zero-order valence-corrected chi connectivity index (χ0v) is 16.2. The first-order valence-electron chi connectivity index (χ1n) is 9.58. The van der Waals surface area contributed by atoms with Crippen molar-refractivity contribution in [3.05, 3.63) is 24.3 Å². The van der Waals surface area contributed by atoms with E-state index in [1.807, 2.05) is 18.2 Å². The molecular weight excluding hydrogens is 346 g/mol. The topological polar surface area (TPSA) is 71.1 Å². The van der Waals surface area contributed by atoms with Gasteiger partial charge in [0.25, 0.3) is 5.91 Å². The molecule has 2 saturated heterocycles. The average molecular weight is 375 g/mol. The first-order valence-corrected chi connectivity index (χ1v) is 9.58. The van der Waals surface area contributed by atoms with E-state index < -0.39 is 0 Å². The van der Waals surface area contributed by atoms with Crippen molar-refractivity contribution in [1.29, 1.82) is 0 Å². The molecule has 2 amide bonds. The zero-order valence-electron chi connectivity index (χ0n) is 16.2. The summed E-state index contributed by atoms with van der Waals surface area (Å²) in [4.78, 5) is 28.2. The molecule has 7 nitrogen and oxygen atoms in total. The van der Waals surface area contributed by atoms with Gasteiger partial charge in [0.2, 0.25) is 5.91 Å². The van der Waals surface area contributed by atoms with Crippen molar-refractivity contribution in [2.75, 3.05) is 50.9 Å². The Hall–Kier alpha value is -2.12. The predicted octanol–water partition coefficient (Wildman–Crippen LogP) is 1.42. The van der Waals surface area contributed by atoms with Crippen LogP contribution in [0.4, 0.5) is 5.69 Å². The summed E-state index contributed by atoms with van der Waals surface area (Å²) in [7, 11) is 0. The van der Waals surface area contributed by atoms with Gasteiger partial charge in [-0.25, -0.2) is 0 Å². The Labute approximate surface area is 160 Å². The van der Waals surface area contributed by atoms with Gasteiger partial charge in [0.05, 0.1) is 13.2 Å². The van der Waals surface area contributed by atoms with Crippen LogP contribution in [0.3, 0.4) is 0 Å². The molecule has 0 bridgehead atoms. The highest BCUT2D eigenvalue weighted by molar-refractivity contribution is 5.95. The fourth-order valence-electron chi connectivity index (χ4n) is 3.46. The van der Waals surface area contributed by atoms with Crippen molar-refractivity contribution in [3.63, 3.8) is 0 Å². The first-order chi connectivity index (χ1) is 13.0. The summed E-state index contributed by atoms with van der Waals surface area (Å²) in [6, 6.07) is 7.35. The summed E-state index contributed by atoms with van der Waals surface area (Å²) in [5.74, 6) is 0.573. The Bertz CT molecular complexity index is 671. The van der Waals surface area contributed by atoms with E-state index in [0.717, 1.165) is 45.0 Å². The normalized spacial score (nSPS) is 18.6. The molecule has 0 spiro atoms. The van der Waals surface area contributed by atoms with E-state index in [2.05, 4.69) is 24.1 Å². The molecule has 0 unspecified atom stereocenters. The standard InChI is InChI=1S/C20H29N3O4/c1-20(2,22-9-11-26-12-10-22)15-21-18(24)14-27-17-6-3-5-16(13-17)23-8-4-7-19(23)25/h3,5-6,13H,4,7-12,14-15H2,1-2H3,(H,21,24). The van der Waals surface area contributed by atoms with Gasteiger partial charge in [0, 0.05) is 49.9 Å². The number of benzene rings is 1. The van der Waals surface area contributed by atoms with Crippen LogP contribution in [0.5, 0.6) is 5.75 Å². The number of rotatable bonds is 7. The SMILES string of the molecule is CC(C)(CNC(=O)COc1cccc(N2CCCC2=O)c1)N1CCOCC1. The number of nitrogens with one attached hydrogen (secondary N) is 1. The van der Waals surface area contributed by atoms with Crippen LogP contribution >= 0.6 is 0 Å². The van der Waals surface area contributed by atoms with Gasteiger partial charge < -0.3 is 19.7 Å². The molecular formula is C20H29N3O4. The third-order valence-electron chi connectivity index (χ3n) is 5.16. The van der Waals surface area contributed by atoms with Crippen molar-refractivity contribution < 1.29 is 19.1 Å². The van der Waals surface area contributed by atoms with Crippen LogP contribution in [0.2, 0.25) is 0 Å². The highest BCUT2D eigenvalue weighted by Gasteiger charge is 2.28. The van der Waals surface area contributed by atoms with Gasteiger partial charge in [-0.15, -0.1) is 0 Å². The summed E-state index contributed by atoms with van der Waals surface area (Å²) in [6.45, 7) is 8.70. The van der Waals surface area contributed by atoms with Crippen molar-refractivity contribution in [2.24, 2.45) is 0 Å². The maximum Gasteiger partial charge on any atom is 0.258 e. The van der Waals surface area contributed by atoms with E-state index in [9.17, 15) is 9.59 Å². The number of hydrogen-bond donors (Lipinski definition) is 1. The molecule has 0 aromatic heterocycles. The lowest BCUT2D eigenvalue weighted by Gasteiger charge is -2.40. The highest BCUT2D eigenvalue weighted by Crippen LogP contribution is 2.25. The number of ether oxygens (including phenoxy) is 2. The van der Waals surface area contributed by atoms with Gasteiger partial charge in [-0.1, -0.05) is 6.07 Å². The first kappa shape index (κ1) is 19.6. The second-order valence-corrected chi connectivity index (χ2v) is 7.62. The third kappa shape index (κ3) is 5.20. The molecule has 2 aliphatic rings. The van der Waals surface area contributed by atoms with Gasteiger partial charge in [-0.2, -0.15) is 0 Å². The number of carbonyl (C=O) groups excluding carboxylic acids is 2. The lowest BCUT2D eigenvalue weighted by molar-refractivity contribution is -0.124. The Kier molecular flexibility index (Phi) is 6.34. The summed E-state index contributed by atoms with van der Waals surface area (Å²) in [5, 5.41) is 2.96. The van der Waals surface area contributed by atoms with Crippen LogP contribution < -0.4 is 15.0 Å². The van der Waals surface area contributed by atoms with Crippen LogP contribution in [0.1, 0.15) is 26.7 Å². The maximum absolute atomic E-state index is 12.2. The molecule has 1 aromatic carbocycles. The predicted molar refractivity (Wildman–Crippen MR) is 103 cm³/mol. The lowest BCUT2D eigenvalue weighted by atomic mass is 10.0. The second-order valence-electron chi connectivity index (χ2n) is 7.62. The van der Waals surface area contributed by atoms with Crippen molar-refractivity contribution in [2.45, 2.75) is 32.2 Å². The number of hydrogen-bond acceptors (Lipinski definition) is 5. The summed E-state index contributed by atoms with van der Waals surface area (Å²) in [6.07, 6.45) is 1.47. The van der Waals surface area contributed by atoms with Crippen LogP contribution in [0, 0.1) is 0 Å². The van der Waals surface area contributed by atoms with E-state index in [1.165, 1.54) is 0 Å².